The molecule has 0 amide bonds. The molecule has 1 saturated heterocycles. The van der Waals surface area contributed by atoms with Crippen LogP contribution >= 0.6 is 23.4 Å². The molecule has 0 aromatic carbocycles. The predicted molar refractivity (Wildman–Crippen MR) is 58.0 cm³/mol. The molecule has 1 heterocycles. The highest BCUT2D eigenvalue weighted by atomic mass is 31.3. The van der Waals surface area contributed by atoms with Crippen molar-refractivity contribution in [1.82, 2.24) is 5.09 Å². The van der Waals surface area contributed by atoms with Crippen LogP contribution in [0.25, 0.3) is 0 Å². The zero-order chi connectivity index (χ0) is 16.5. The number of hydrogen-bond acceptors (Lipinski definition) is 11. The molecule has 1 aliphatic heterocycles. The first-order valence-corrected chi connectivity index (χ1v) is 9.91. The van der Waals surface area contributed by atoms with Crippen molar-refractivity contribution in [2.24, 2.45) is 0 Å². The van der Waals surface area contributed by atoms with Crippen molar-refractivity contribution in [2.45, 2.75) is 31.7 Å². The van der Waals surface area contributed by atoms with Gasteiger partial charge in [-0.05, 0) is 6.92 Å². The van der Waals surface area contributed by atoms with Gasteiger partial charge in [0, 0.05) is 13.0 Å². The van der Waals surface area contributed by atoms with Crippen LogP contribution in [0.4, 0.5) is 0 Å². The Kier molecular flexibility index (Phi) is 6.31. The van der Waals surface area contributed by atoms with Gasteiger partial charge in [0.25, 0.3) is 7.82 Å². The molecule has 2 unspecified atom stereocenters. The van der Waals surface area contributed by atoms with Gasteiger partial charge in [-0.2, -0.15) is 0 Å². The summed E-state index contributed by atoms with van der Waals surface area (Å²) in [6.07, 6.45) is -1.96. The first-order valence-electron chi connectivity index (χ1n) is 5.45. The second-order valence-electron chi connectivity index (χ2n) is 4.21. The van der Waals surface area contributed by atoms with E-state index in [0.29, 0.717) is 0 Å². The zero-order valence-electron chi connectivity index (χ0n) is 10.5. The SMILES string of the molecule is C[C@H]1C[C@@H](O)[C@@H](CNP(=O)([O-])OP(=O)([O-])OP(=O)([O-])[O-])O1. The summed E-state index contributed by atoms with van der Waals surface area (Å²) in [6, 6.07) is 0. The van der Waals surface area contributed by atoms with Crippen molar-refractivity contribution in [3.63, 3.8) is 0 Å². The number of rotatable bonds is 7. The lowest BCUT2D eigenvalue weighted by molar-refractivity contribution is -0.339. The van der Waals surface area contributed by atoms with Crippen molar-refractivity contribution in [2.75, 3.05) is 6.54 Å². The molecule has 0 aliphatic carbocycles. The highest BCUT2D eigenvalue weighted by molar-refractivity contribution is 7.65. The van der Waals surface area contributed by atoms with Crippen LogP contribution in [-0.4, -0.2) is 30.0 Å². The van der Waals surface area contributed by atoms with Crippen LogP contribution in [0.15, 0.2) is 0 Å². The molecule has 126 valence electrons. The number of nitrogens with one attached hydrogen (secondary N) is 1. The molecule has 1 aliphatic rings. The average Bonchev–Trinajstić information content (AvgIpc) is 2.48. The topological polar surface area (TPSA) is 203 Å². The molecule has 0 aromatic heterocycles. The van der Waals surface area contributed by atoms with Crippen LogP contribution < -0.4 is 24.7 Å². The molecule has 15 heteroatoms. The zero-order valence-corrected chi connectivity index (χ0v) is 13.2. The summed E-state index contributed by atoms with van der Waals surface area (Å²) in [6.45, 7) is 1.12. The van der Waals surface area contributed by atoms with Crippen LogP contribution in [0.1, 0.15) is 13.3 Å². The van der Waals surface area contributed by atoms with E-state index >= 15 is 0 Å². The number of phosphoric acid groups is 2. The van der Waals surface area contributed by atoms with Gasteiger partial charge in [0.15, 0.2) is 0 Å². The molecule has 12 nitrogen and oxygen atoms in total. The van der Waals surface area contributed by atoms with Crippen molar-refractivity contribution >= 4 is 23.4 Å². The summed E-state index contributed by atoms with van der Waals surface area (Å²) < 4.78 is 43.9. The largest absolute Gasteiger partial charge is 0.790 e. The van der Waals surface area contributed by atoms with Gasteiger partial charge in [0.1, 0.15) is 0 Å². The van der Waals surface area contributed by atoms with Crippen LogP contribution in [0.3, 0.4) is 0 Å². The summed E-state index contributed by atoms with van der Waals surface area (Å²) in [5.74, 6) is 0. The Labute approximate surface area is 119 Å². The lowest BCUT2D eigenvalue weighted by Gasteiger charge is -2.38. The Hall–Kier alpha value is 0.330. The minimum absolute atomic E-state index is 0.259. The molecular formula is C6H12NO11P3-4. The Morgan fingerprint density at radius 1 is 1.24 bits per heavy atom. The van der Waals surface area contributed by atoms with Crippen molar-refractivity contribution < 1.29 is 51.7 Å². The van der Waals surface area contributed by atoms with Gasteiger partial charge in [-0.3, -0.25) is 22.8 Å². The molecule has 0 spiro atoms. The molecular weight excluding hydrogens is 355 g/mol. The van der Waals surface area contributed by atoms with Gasteiger partial charge in [-0.1, -0.05) is 0 Å². The maximum absolute atomic E-state index is 11.3. The molecule has 1 fully saturated rings. The molecule has 0 aromatic rings. The number of aliphatic hydroxyl groups is 1. The normalized spacial score (nSPS) is 32.6. The standard InChI is InChI=1S/C6H16NO11P3/c1-4-2-5(8)6(16-4)3-7-19(9,10)17-21(14,15)18-20(11,12)13/h4-6,8H,2-3H2,1H3,(H,14,15)(H2,7,9,10)(H2,11,12,13)/p-4/t4-,5+,6+/m0/s1. The first-order chi connectivity index (χ1) is 9.30. The minimum atomic E-state index is -5.98. The van der Waals surface area contributed by atoms with E-state index in [4.69, 9.17) is 4.74 Å². The second kappa shape index (κ2) is 6.84. The monoisotopic (exact) mass is 367 g/mol. The third-order valence-electron chi connectivity index (χ3n) is 2.30. The quantitative estimate of drug-likeness (QED) is 0.430. The van der Waals surface area contributed by atoms with Crippen molar-refractivity contribution in [1.29, 1.82) is 0 Å². The summed E-state index contributed by atoms with van der Waals surface area (Å²) in [5.41, 5.74) is 0. The molecule has 0 bridgehead atoms. The lowest BCUT2D eigenvalue weighted by Crippen LogP contribution is -2.35. The molecule has 2 N–H and O–H groups in total. The molecule has 1 rings (SSSR count). The summed E-state index contributed by atoms with van der Waals surface area (Å²) >= 11 is 0. The maximum atomic E-state index is 11.3. The Balaban J connectivity index is 2.56. The molecule has 0 saturated carbocycles. The second-order valence-corrected chi connectivity index (χ2v) is 8.61. The summed E-state index contributed by atoms with van der Waals surface area (Å²) in [5, 5.41) is 11.1. The molecule has 0 radical (unpaired) electrons. The lowest BCUT2D eigenvalue weighted by atomic mass is 10.1. The Bertz CT molecular complexity index is 504. The van der Waals surface area contributed by atoms with Crippen LogP contribution in [0, 0.1) is 0 Å². The molecule has 21 heavy (non-hydrogen) atoms. The van der Waals surface area contributed by atoms with E-state index in [2.05, 4.69) is 8.62 Å². The minimum Gasteiger partial charge on any atom is -0.790 e. The Morgan fingerprint density at radius 3 is 2.24 bits per heavy atom. The van der Waals surface area contributed by atoms with Crippen molar-refractivity contribution in [3.8, 4) is 0 Å². The smallest absolute Gasteiger partial charge is 0.277 e. The van der Waals surface area contributed by atoms with Gasteiger partial charge >= 0.3 is 0 Å². The van der Waals surface area contributed by atoms with E-state index in [9.17, 15) is 38.4 Å². The van der Waals surface area contributed by atoms with Crippen LogP contribution in [0.5, 0.6) is 0 Å². The summed E-state index contributed by atoms with van der Waals surface area (Å²) in [7, 11) is -17.2. The van der Waals surface area contributed by atoms with Crippen LogP contribution in [0.2, 0.25) is 0 Å². The fourth-order valence-electron chi connectivity index (χ4n) is 1.62. The third-order valence-corrected chi connectivity index (χ3v) is 6.13. The average molecular weight is 367 g/mol. The third kappa shape index (κ3) is 7.43. The molecule has 5 atom stereocenters. The van der Waals surface area contributed by atoms with E-state index in [1.54, 1.807) is 12.0 Å². The summed E-state index contributed by atoms with van der Waals surface area (Å²) in [4.78, 5) is 42.4. The van der Waals surface area contributed by atoms with E-state index in [-0.39, 0.29) is 12.5 Å². The fraction of sp³-hybridized carbons (Fsp3) is 1.00. The van der Waals surface area contributed by atoms with E-state index in [1.807, 2.05) is 0 Å². The maximum Gasteiger partial charge on any atom is 0.277 e. The van der Waals surface area contributed by atoms with Gasteiger partial charge in [0.05, 0.1) is 26.1 Å². The number of aliphatic hydroxyl groups excluding tert-OH is 1. The van der Waals surface area contributed by atoms with E-state index in [0.717, 1.165) is 0 Å². The van der Waals surface area contributed by atoms with Gasteiger partial charge < -0.3 is 34.0 Å². The van der Waals surface area contributed by atoms with Crippen LogP contribution in [-0.2, 0) is 27.1 Å². The number of hydrogen-bond donors (Lipinski definition) is 2. The van der Waals surface area contributed by atoms with Gasteiger partial charge in [-0.15, -0.1) is 0 Å². The van der Waals surface area contributed by atoms with Crippen molar-refractivity contribution in [3.05, 3.63) is 0 Å². The first kappa shape index (κ1) is 19.4. The predicted octanol–water partition coefficient (Wildman–Crippen LogP) is -3.09. The van der Waals surface area contributed by atoms with Gasteiger partial charge in [-0.25, -0.2) is 0 Å². The fourth-order valence-corrected chi connectivity index (χ4v) is 4.68. The highest BCUT2D eigenvalue weighted by Crippen LogP contribution is 2.58. The Morgan fingerprint density at radius 2 is 1.81 bits per heavy atom. The highest BCUT2D eigenvalue weighted by Gasteiger charge is 2.32. The van der Waals surface area contributed by atoms with E-state index in [1.165, 1.54) is 0 Å². The number of ether oxygens (including phenoxy) is 1. The van der Waals surface area contributed by atoms with E-state index < -0.39 is 42.1 Å². The van der Waals surface area contributed by atoms with Gasteiger partial charge in [0.2, 0.25) is 7.75 Å².